The summed E-state index contributed by atoms with van der Waals surface area (Å²) in [5.41, 5.74) is -1.81. The highest BCUT2D eigenvalue weighted by Gasteiger charge is 2.41. The van der Waals surface area contributed by atoms with Crippen LogP contribution in [0.4, 0.5) is 37.8 Å². The second-order valence-corrected chi connectivity index (χ2v) is 13.8. The van der Waals surface area contributed by atoms with Crippen molar-refractivity contribution in [2.75, 3.05) is 49.3 Å². The molecule has 0 spiro atoms. The monoisotopic (exact) mass is 656 g/mol. The van der Waals surface area contributed by atoms with Crippen LogP contribution in [0.5, 0.6) is 0 Å². The number of piperazine rings is 1. The summed E-state index contributed by atoms with van der Waals surface area (Å²) in [7, 11) is -1.96. The quantitative estimate of drug-likeness (QED) is 0.286. The molecule has 45 heavy (non-hydrogen) atoms. The summed E-state index contributed by atoms with van der Waals surface area (Å²) in [5, 5.41) is 0. The fourth-order valence-corrected chi connectivity index (χ4v) is 6.25. The predicted molar refractivity (Wildman–Crippen MR) is 161 cm³/mol. The van der Waals surface area contributed by atoms with Gasteiger partial charge in [0.15, 0.2) is 0 Å². The lowest BCUT2D eigenvalue weighted by molar-refractivity contribution is -0.143. The number of carbonyl (C=O) groups excluding carboxylic acids is 1. The molecule has 14 heteroatoms. The van der Waals surface area contributed by atoms with Crippen molar-refractivity contribution < 1.29 is 39.6 Å². The minimum Gasteiger partial charge on any atom is -0.354 e. The zero-order valence-corrected chi connectivity index (χ0v) is 26.5. The van der Waals surface area contributed by atoms with E-state index in [0.29, 0.717) is 42.3 Å². The summed E-state index contributed by atoms with van der Waals surface area (Å²) < 4.78 is 107. The van der Waals surface area contributed by atoms with Crippen LogP contribution in [-0.4, -0.2) is 63.1 Å². The van der Waals surface area contributed by atoms with Crippen LogP contribution in [0, 0.1) is 13.8 Å². The molecule has 0 atom stereocenters. The van der Waals surface area contributed by atoms with Gasteiger partial charge in [0.1, 0.15) is 5.82 Å². The number of hydrogen-bond acceptors (Lipinski definition) is 5. The second kappa shape index (κ2) is 11.9. The van der Waals surface area contributed by atoms with Crippen molar-refractivity contribution >= 4 is 27.4 Å². The molecule has 1 amide bonds. The molecule has 1 aliphatic heterocycles. The molecule has 0 unspecified atom stereocenters. The number of alkyl halides is 6. The van der Waals surface area contributed by atoms with E-state index in [0.717, 1.165) is 22.9 Å². The summed E-state index contributed by atoms with van der Waals surface area (Å²) in [6.07, 6.45) is -7.55. The molecule has 7 nitrogen and oxygen atoms in total. The van der Waals surface area contributed by atoms with Gasteiger partial charge < -0.3 is 9.80 Å². The number of benzene rings is 2. The maximum atomic E-state index is 14.0. The van der Waals surface area contributed by atoms with Crippen LogP contribution in [0.3, 0.4) is 0 Å². The lowest BCUT2D eigenvalue weighted by Crippen LogP contribution is -2.48. The maximum absolute atomic E-state index is 14.0. The first kappa shape index (κ1) is 34.2. The summed E-state index contributed by atoms with van der Waals surface area (Å²) >= 11 is 0. The molecule has 2 aromatic carbocycles. The SMILES string of the molecule is Cc1ccc(-c2cc(N3CCN(S(C)(=O)=O)CC3)ncc2N(C)C(=O)C(C)(C)c2cc(C(F)(F)F)cc(C(F)(F)F)c2)c(C)c1. The summed E-state index contributed by atoms with van der Waals surface area (Å²) in [5.74, 6) is -0.230. The lowest BCUT2D eigenvalue weighted by atomic mass is 9.81. The number of sulfonamides is 1. The van der Waals surface area contributed by atoms with E-state index in [2.05, 4.69) is 4.98 Å². The lowest BCUT2D eigenvalue weighted by Gasteiger charge is -2.35. The van der Waals surface area contributed by atoms with Gasteiger partial charge in [-0.15, -0.1) is 0 Å². The van der Waals surface area contributed by atoms with Crippen LogP contribution in [-0.2, 0) is 32.6 Å². The van der Waals surface area contributed by atoms with Crippen molar-refractivity contribution in [1.29, 1.82) is 0 Å². The van der Waals surface area contributed by atoms with Crippen molar-refractivity contribution in [3.8, 4) is 11.1 Å². The van der Waals surface area contributed by atoms with E-state index in [-0.39, 0.29) is 19.2 Å². The molecule has 1 fully saturated rings. The zero-order valence-electron chi connectivity index (χ0n) is 25.6. The Morgan fingerprint density at radius 3 is 1.84 bits per heavy atom. The molecule has 1 aliphatic rings. The molecule has 4 rings (SSSR count). The third-order valence-corrected chi connectivity index (χ3v) is 9.39. The number of aryl methyl sites for hydroxylation is 2. The van der Waals surface area contributed by atoms with E-state index < -0.39 is 50.4 Å². The van der Waals surface area contributed by atoms with Crippen molar-refractivity contribution in [3.63, 3.8) is 0 Å². The summed E-state index contributed by atoms with van der Waals surface area (Å²) in [6.45, 7) is 7.59. The maximum Gasteiger partial charge on any atom is 0.416 e. The minimum atomic E-state index is -5.07. The topological polar surface area (TPSA) is 73.8 Å². The Bertz CT molecular complexity index is 1680. The Kier molecular flexibility index (Phi) is 9.08. The van der Waals surface area contributed by atoms with Gasteiger partial charge in [0.25, 0.3) is 0 Å². The van der Waals surface area contributed by atoms with Gasteiger partial charge in [0.2, 0.25) is 15.9 Å². The van der Waals surface area contributed by atoms with Crippen LogP contribution in [0.15, 0.2) is 48.7 Å². The van der Waals surface area contributed by atoms with Gasteiger partial charge in [-0.25, -0.2) is 13.4 Å². The molecule has 0 N–H and O–H groups in total. The van der Waals surface area contributed by atoms with Crippen molar-refractivity contribution in [2.45, 2.75) is 45.5 Å². The van der Waals surface area contributed by atoms with Gasteiger partial charge >= 0.3 is 12.4 Å². The average Bonchev–Trinajstić information content (AvgIpc) is 2.94. The number of nitrogens with zero attached hydrogens (tertiary/aromatic N) is 4. The minimum absolute atomic E-state index is 0.0322. The largest absolute Gasteiger partial charge is 0.416 e. The Morgan fingerprint density at radius 2 is 1.36 bits per heavy atom. The van der Waals surface area contributed by atoms with Crippen LogP contribution < -0.4 is 9.80 Å². The Morgan fingerprint density at radius 1 is 0.822 bits per heavy atom. The highest BCUT2D eigenvalue weighted by molar-refractivity contribution is 7.88. The van der Waals surface area contributed by atoms with E-state index in [4.69, 9.17) is 0 Å². The van der Waals surface area contributed by atoms with E-state index in [1.165, 1.54) is 36.3 Å². The van der Waals surface area contributed by atoms with Gasteiger partial charge in [0.05, 0.1) is 34.7 Å². The molecule has 244 valence electrons. The van der Waals surface area contributed by atoms with Gasteiger partial charge in [0, 0.05) is 38.8 Å². The Labute approximate surface area is 258 Å². The first-order valence-electron chi connectivity index (χ1n) is 14.0. The number of likely N-dealkylation sites (N-methyl/N-ethyl adjacent to an activating group) is 1. The number of anilines is 2. The first-order valence-corrected chi connectivity index (χ1v) is 15.8. The van der Waals surface area contributed by atoms with Crippen LogP contribution in [0.2, 0.25) is 0 Å². The highest BCUT2D eigenvalue weighted by Crippen LogP contribution is 2.41. The molecule has 0 bridgehead atoms. The zero-order chi connectivity index (χ0) is 33.7. The van der Waals surface area contributed by atoms with Crippen molar-refractivity contribution in [2.24, 2.45) is 0 Å². The number of halogens is 6. The molecule has 2 heterocycles. The molecule has 0 radical (unpaired) electrons. The van der Waals surface area contributed by atoms with E-state index in [1.54, 1.807) is 6.07 Å². The van der Waals surface area contributed by atoms with Gasteiger partial charge in [-0.3, -0.25) is 4.79 Å². The van der Waals surface area contributed by atoms with E-state index in [9.17, 15) is 39.6 Å². The fraction of sp³-hybridized carbons (Fsp3) is 0.419. The van der Waals surface area contributed by atoms with Crippen LogP contribution >= 0.6 is 0 Å². The Balaban J connectivity index is 1.79. The van der Waals surface area contributed by atoms with Gasteiger partial charge in [-0.05, 0) is 68.7 Å². The van der Waals surface area contributed by atoms with Gasteiger partial charge in [-0.2, -0.15) is 30.6 Å². The Hall–Kier alpha value is -3.65. The van der Waals surface area contributed by atoms with Gasteiger partial charge in [-0.1, -0.05) is 23.8 Å². The van der Waals surface area contributed by atoms with Crippen molar-refractivity contribution in [3.05, 3.63) is 76.5 Å². The number of aromatic nitrogens is 1. The summed E-state index contributed by atoms with van der Waals surface area (Å²) in [6, 6.07) is 8.62. The molecule has 1 saturated heterocycles. The summed E-state index contributed by atoms with van der Waals surface area (Å²) in [4.78, 5) is 21.6. The molecule has 1 aromatic heterocycles. The smallest absolute Gasteiger partial charge is 0.354 e. The molecule has 0 aliphatic carbocycles. The second-order valence-electron chi connectivity index (χ2n) is 11.8. The molecule has 3 aromatic rings. The van der Waals surface area contributed by atoms with E-state index in [1.807, 2.05) is 36.9 Å². The third-order valence-electron chi connectivity index (χ3n) is 8.08. The first-order chi connectivity index (χ1) is 20.6. The molecular formula is C31H34F6N4O3S. The average molecular weight is 657 g/mol. The third kappa shape index (κ3) is 7.27. The standard InChI is InChI=1S/C31H34F6N4O3S/c1-19-7-8-24(20(2)13-19)25-17-27(40-9-11-41(12-10-40)45(6,43)44)38-18-26(25)39(5)28(42)29(3,4)21-14-22(30(32,33)34)16-23(15-21)31(35,36)37/h7-8,13-18H,9-12H2,1-6H3. The number of pyridine rings is 1. The molecular weight excluding hydrogens is 622 g/mol. The van der Waals surface area contributed by atoms with Crippen LogP contribution in [0.25, 0.3) is 11.1 Å². The predicted octanol–water partition coefficient (Wildman–Crippen LogP) is 6.43. The van der Waals surface area contributed by atoms with Crippen molar-refractivity contribution in [1.82, 2.24) is 9.29 Å². The number of amides is 1. The fourth-order valence-electron chi connectivity index (χ4n) is 5.43. The van der Waals surface area contributed by atoms with E-state index >= 15 is 0 Å². The number of hydrogen-bond donors (Lipinski definition) is 0. The number of carbonyl (C=O) groups is 1. The molecule has 0 saturated carbocycles. The highest BCUT2D eigenvalue weighted by atomic mass is 32.2. The number of rotatable bonds is 6. The van der Waals surface area contributed by atoms with Crippen LogP contribution in [0.1, 0.15) is 41.7 Å². The normalized spacial score (nSPS) is 15.3.